The summed E-state index contributed by atoms with van der Waals surface area (Å²) >= 11 is 0. The lowest BCUT2D eigenvalue weighted by Gasteiger charge is -2.49. The highest BCUT2D eigenvalue weighted by Crippen LogP contribution is 2.40. The van der Waals surface area contributed by atoms with Crippen LogP contribution in [0.15, 0.2) is 0 Å². The van der Waals surface area contributed by atoms with Crippen molar-refractivity contribution in [3.8, 4) is 0 Å². The molecule has 0 radical (unpaired) electrons. The summed E-state index contributed by atoms with van der Waals surface area (Å²) < 4.78 is 36.0. The number of ketones is 1. The maximum absolute atomic E-state index is 13.8. The van der Waals surface area contributed by atoms with E-state index in [1.54, 1.807) is 0 Å². The number of carboxylic acids is 1. The smallest absolute Gasteiger partial charge is 0.332 e. The molecule has 4 aliphatic rings. The topological polar surface area (TPSA) is 269 Å². The van der Waals surface area contributed by atoms with Gasteiger partial charge in [0.1, 0.15) is 48.4 Å². The predicted molar refractivity (Wildman–Crippen MR) is 199 cm³/mol. The van der Waals surface area contributed by atoms with E-state index in [0.29, 0.717) is 19.3 Å². The number of aliphatic hydroxyl groups is 5. The summed E-state index contributed by atoms with van der Waals surface area (Å²) in [4.78, 5) is 51.0. The lowest BCUT2D eigenvalue weighted by atomic mass is 9.74. The molecule has 0 spiro atoms. The number of aliphatic hydroxyl groups excluding tert-OH is 5. The molecule has 0 aromatic rings. The van der Waals surface area contributed by atoms with Crippen molar-refractivity contribution < 1.29 is 78.2 Å². The molecule has 8 N–H and O–H groups in total. The van der Waals surface area contributed by atoms with Crippen LogP contribution in [0, 0.1) is 17.8 Å². The van der Waals surface area contributed by atoms with E-state index < -0.39 is 104 Å². The highest BCUT2D eigenvalue weighted by Gasteiger charge is 2.52. The van der Waals surface area contributed by atoms with E-state index >= 15 is 0 Å². The van der Waals surface area contributed by atoms with Gasteiger partial charge in [0.05, 0.1) is 31.5 Å². The highest BCUT2D eigenvalue weighted by atomic mass is 16.7. The molecular formula is C39H66N2O16. The Balaban J connectivity index is 1.62. The van der Waals surface area contributed by atoms with E-state index in [0.717, 1.165) is 32.1 Å². The van der Waals surface area contributed by atoms with Crippen LogP contribution in [0.5, 0.6) is 0 Å². The van der Waals surface area contributed by atoms with Gasteiger partial charge >= 0.3 is 5.97 Å². The zero-order chi connectivity index (χ0) is 41.8. The number of methoxy groups -OCH3 is 1. The van der Waals surface area contributed by atoms with Crippen LogP contribution in [0.2, 0.25) is 0 Å². The van der Waals surface area contributed by atoms with Crippen LogP contribution in [0.3, 0.4) is 0 Å². The van der Waals surface area contributed by atoms with Crippen molar-refractivity contribution in [2.45, 2.75) is 177 Å². The number of carbonyl (C=O) groups is 4. The van der Waals surface area contributed by atoms with E-state index in [1.165, 1.54) is 21.0 Å². The molecule has 57 heavy (non-hydrogen) atoms. The first kappa shape index (κ1) is 47.3. The number of amides is 2. The second kappa shape index (κ2) is 22.9. The summed E-state index contributed by atoms with van der Waals surface area (Å²) in [5.74, 6) is -2.95. The molecule has 2 saturated heterocycles. The van der Waals surface area contributed by atoms with Gasteiger partial charge in [0.2, 0.25) is 11.8 Å². The number of hydrogen-bond acceptors (Lipinski definition) is 15. The number of hydrogen-bond donors (Lipinski definition) is 8. The van der Waals surface area contributed by atoms with Gasteiger partial charge in [-0.2, -0.15) is 0 Å². The summed E-state index contributed by atoms with van der Waals surface area (Å²) in [7, 11) is 1.50. The average Bonchev–Trinajstić information content (AvgIpc) is 3.19. The summed E-state index contributed by atoms with van der Waals surface area (Å²) in [5.41, 5.74) is 0. The standard InChI is InChI=1S/C39H66N2O16/c1-5-23-17-24(25(44)12-9-14-40-29(45)13-15-52-4)18-26(35(23)57-39-34(49)33(48)31(46)20(2)53-39)55-38-30(41-21(3)43)36(32(47)28(19-42)56-38)54-27(37(50)51)16-22-10-7-6-8-11-22/h20,22-24,26-28,30-36,38-39,42,46-49H,5-19H2,1-4H3,(H,40,45)(H,41,43)(H,50,51)/t20-,23?,24?,26+,27-,28-,30?,31-,32?,33?,34-,35+,36?,38+,39?/m0/s1. The SMILES string of the molecule is CCC1CC(C(=O)CCCNC(=O)CCOC)C[C@@H](O[C@@H]2O[C@@H](CO)C(O)C(O[C@@H](CC3CCCCC3)C(=O)O)C2NC(C)=O)[C@@H]1OC1O[C@@H](C)[C@H](O)C(O)[C@@H]1O. The molecule has 18 heteroatoms. The lowest BCUT2D eigenvalue weighted by molar-refractivity contribution is -0.338. The fraction of sp³-hybridized carbons (Fsp3) is 0.897. The Hall–Kier alpha value is -2.36. The first-order chi connectivity index (χ1) is 27.2. The van der Waals surface area contributed by atoms with Gasteiger partial charge in [0, 0.05) is 39.3 Å². The molecule has 4 fully saturated rings. The fourth-order valence-corrected chi connectivity index (χ4v) is 8.60. The van der Waals surface area contributed by atoms with Crippen LogP contribution in [0.1, 0.15) is 97.8 Å². The minimum Gasteiger partial charge on any atom is -0.479 e. The van der Waals surface area contributed by atoms with Crippen LogP contribution >= 0.6 is 0 Å². The largest absolute Gasteiger partial charge is 0.479 e. The van der Waals surface area contributed by atoms with Gasteiger partial charge in [-0.3, -0.25) is 14.4 Å². The van der Waals surface area contributed by atoms with E-state index in [9.17, 15) is 49.8 Å². The molecule has 0 aromatic heterocycles. The Morgan fingerprint density at radius 1 is 0.877 bits per heavy atom. The van der Waals surface area contributed by atoms with Crippen LogP contribution in [-0.2, 0) is 47.6 Å². The monoisotopic (exact) mass is 818 g/mol. The number of carbonyl (C=O) groups excluding carboxylic acids is 3. The van der Waals surface area contributed by atoms with Crippen molar-refractivity contribution in [3.05, 3.63) is 0 Å². The maximum Gasteiger partial charge on any atom is 0.332 e. The molecule has 7 unspecified atom stereocenters. The van der Waals surface area contributed by atoms with Crippen molar-refractivity contribution in [3.63, 3.8) is 0 Å². The molecule has 4 rings (SSSR count). The number of rotatable bonds is 20. The number of Topliss-reactive ketones (excluding diaryl/α,β-unsaturated/α-hetero) is 1. The van der Waals surface area contributed by atoms with Gasteiger partial charge in [-0.05, 0) is 44.4 Å². The van der Waals surface area contributed by atoms with Gasteiger partial charge in [-0.25, -0.2) is 4.79 Å². The number of nitrogens with one attached hydrogen (secondary N) is 2. The normalized spacial score (nSPS) is 36.9. The first-order valence-corrected chi connectivity index (χ1v) is 20.6. The van der Waals surface area contributed by atoms with Crippen LogP contribution in [0.4, 0.5) is 0 Å². The maximum atomic E-state index is 13.8. The van der Waals surface area contributed by atoms with E-state index in [4.69, 9.17) is 28.4 Å². The van der Waals surface area contributed by atoms with Crippen LogP contribution < -0.4 is 10.6 Å². The van der Waals surface area contributed by atoms with Crippen molar-refractivity contribution >= 4 is 23.6 Å². The van der Waals surface area contributed by atoms with E-state index in [-0.39, 0.29) is 62.4 Å². The van der Waals surface area contributed by atoms with E-state index in [2.05, 4.69) is 10.6 Å². The van der Waals surface area contributed by atoms with Gasteiger partial charge < -0.3 is 69.7 Å². The van der Waals surface area contributed by atoms with Crippen molar-refractivity contribution in [2.24, 2.45) is 17.8 Å². The summed E-state index contributed by atoms with van der Waals surface area (Å²) in [6.07, 6.45) is -9.51. The number of ether oxygens (including phenoxy) is 6. The van der Waals surface area contributed by atoms with Crippen LogP contribution in [0.25, 0.3) is 0 Å². The third-order valence-electron chi connectivity index (χ3n) is 11.9. The molecule has 18 nitrogen and oxygen atoms in total. The third-order valence-corrected chi connectivity index (χ3v) is 11.9. The number of carboxylic acid groups (broad SMARTS) is 1. The van der Waals surface area contributed by atoms with Gasteiger partial charge in [-0.15, -0.1) is 0 Å². The molecule has 15 atom stereocenters. The van der Waals surface area contributed by atoms with Crippen molar-refractivity contribution in [2.75, 3.05) is 26.9 Å². The average molecular weight is 819 g/mol. The number of aliphatic carboxylic acids is 1. The summed E-state index contributed by atoms with van der Waals surface area (Å²) in [5, 5.41) is 69.3. The Bertz CT molecular complexity index is 1290. The molecule has 0 bridgehead atoms. The van der Waals surface area contributed by atoms with E-state index in [1.807, 2.05) is 6.92 Å². The molecule has 0 aromatic carbocycles. The Labute approximate surface area is 334 Å². The Morgan fingerprint density at radius 2 is 1.60 bits per heavy atom. The molecule has 2 heterocycles. The quantitative estimate of drug-likeness (QED) is 0.0747. The Kier molecular flexibility index (Phi) is 19.0. The molecule has 2 saturated carbocycles. The minimum atomic E-state index is -1.64. The lowest BCUT2D eigenvalue weighted by Crippen LogP contribution is -2.67. The van der Waals surface area contributed by atoms with Gasteiger partial charge in [-0.1, -0.05) is 45.4 Å². The summed E-state index contributed by atoms with van der Waals surface area (Å²) in [6, 6.07) is -1.29. The zero-order valence-corrected chi connectivity index (χ0v) is 33.6. The first-order valence-electron chi connectivity index (χ1n) is 20.6. The molecule has 2 aliphatic heterocycles. The fourth-order valence-electron chi connectivity index (χ4n) is 8.60. The predicted octanol–water partition coefficient (Wildman–Crippen LogP) is -0.0859. The second-order valence-corrected chi connectivity index (χ2v) is 16.1. The van der Waals surface area contributed by atoms with Crippen LogP contribution in [-0.4, -0.2) is 161 Å². The third kappa shape index (κ3) is 13.1. The molecule has 2 aliphatic carbocycles. The summed E-state index contributed by atoms with van der Waals surface area (Å²) in [6.45, 7) is 4.48. The minimum absolute atomic E-state index is 0.0632. The van der Waals surface area contributed by atoms with Crippen molar-refractivity contribution in [1.29, 1.82) is 0 Å². The highest BCUT2D eigenvalue weighted by molar-refractivity contribution is 5.81. The molecule has 328 valence electrons. The molecular weight excluding hydrogens is 752 g/mol. The molecule has 2 amide bonds. The van der Waals surface area contributed by atoms with Gasteiger partial charge in [0.15, 0.2) is 18.7 Å². The zero-order valence-electron chi connectivity index (χ0n) is 33.6. The van der Waals surface area contributed by atoms with Crippen molar-refractivity contribution in [1.82, 2.24) is 10.6 Å². The van der Waals surface area contributed by atoms with Gasteiger partial charge in [0.25, 0.3) is 0 Å². The second-order valence-electron chi connectivity index (χ2n) is 16.1. The Morgan fingerprint density at radius 3 is 2.23 bits per heavy atom.